The van der Waals surface area contributed by atoms with Gasteiger partial charge in [0.2, 0.25) is 10.0 Å². The van der Waals surface area contributed by atoms with Gasteiger partial charge in [-0.05, 0) is 30.7 Å². The lowest BCUT2D eigenvalue weighted by Crippen LogP contribution is -2.39. The molecule has 0 aliphatic heterocycles. The molecular weight excluding hydrogens is 310 g/mol. The third kappa shape index (κ3) is 3.00. The van der Waals surface area contributed by atoms with E-state index < -0.39 is 16.0 Å². The van der Waals surface area contributed by atoms with Crippen LogP contribution in [0.1, 0.15) is 47.8 Å². The van der Waals surface area contributed by atoms with Crippen molar-refractivity contribution in [3.8, 4) is 0 Å². The fourth-order valence-corrected chi connectivity index (χ4v) is 6.28. The summed E-state index contributed by atoms with van der Waals surface area (Å²) >= 11 is 1.13. The minimum Gasteiger partial charge on any atom is -0.465 e. The number of ether oxygens (including phenoxy) is 1. The van der Waals surface area contributed by atoms with E-state index in [0.29, 0.717) is 12.1 Å². The molecule has 1 aromatic rings. The van der Waals surface area contributed by atoms with Crippen molar-refractivity contribution < 1.29 is 17.9 Å². The number of hydrogen-bond acceptors (Lipinski definition) is 5. The SMILES string of the molecule is CCN(C1CCCC1)S(=O)(=O)c1c(C)csc1C(=O)OC. The van der Waals surface area contributed by atoms with E-state index in [1.807, 2.05) is 6.92 Å². The van der Waals surface area contributed by atoms with Gasteiger partial charge in [0.15, 0.2) is 0 Å². The van der Waals surface area contributed by atoms with Crippen LogP contribution < -0.4 is 0 Å². The zero-order valence-corrected chi connectivity index (χ0v) is 14.2. The van der Waals surface area contributed by atoms with Crippen molar-refractivity contribution in [1.29, 1.82) is 0 Å². The maximum atomic E-state index is 13.0. The van der Waals surface area contributed by atoms with Gasteiger partial charge in [0.1, 0.15) is 9.77 Å². The van der Waals surface area contributed by atoms with Gasteiger partial charge < -0.3 is 4.74 Å². The van der Waals surface area contributed by atoms with Crippen molar-refractivity contribution in [2.24, 2.45) is 0 Å². The van der Waals surface area contributed by atoms with Crippen LogP contribution in [0.3, 0.4) is 0 Å². The second-order valence-electron chi connectivity index (χ2n) is 5.22. The van der Waals surface area contributed by atoms with Crippen LogP contribution >= 0.6 is 11.3 Å². The van der Waals surface area contributed by atoms with E-state index in [2.05, 4.69) is 0 Å². The first-order chi connectivity index (χ1) is 9.93. The van der Waals surface area contributed by atoms with Crippen LogP contribution in [-0.2, 0) is 14.8 Å². The number of nitrogens with zero attached hydrogens (tertiary/aromatic N) is 1. The van der Waals surface area contributed by atoms with Crippen LogP contribution in [-0.4, -0.2) is 38.4 Å². The van der Waals surface area contributed by atoms with Gasteiger partial charge in [-0.3, -0.25) is 0 Å². The van der Waals surface area contributed by atoms with Gasteiger partial charge in [-0.15, -0.1) is 11.3 Å². The number of esters is 1. The molecule has 0 amide bonds. The molecule has 0 unspecified atom stereocenters. The van der Waals surface area contributed by atoms with E-state index in [4.69, 9.17) is 4.74 Å². The minimum absolute atomic E-state index is 0.0461. The Balaban J connectivity index is 2.47. The third-order valence-corrected chi connectivity index (χ3v) is 7.32. The zero-order valence-electron chi connectivity index (χ0n) is 12.6. The van der Waals surface area contributed by atoms with Gasteiger partial charge in [-0.2, -0.15) is 4.31 Å². The summed E-state index contributed by atoms with van der Waals surface area (Å²) in [6.07, 6.45) is 3.90. The van der Waals surface area contributed by atoms with Crippen molar-refractivity contribution in [1.82, 2.24) is 4.31 Å². The second-order valence-corrected chi connectivity index (χ2v) is 7.92. The van der Waals surface area contributed by atoms with E-state index in [9.17, 15) is 13.2 Å². The summed E-state index contributed by atoms with van der Waals surface area (Å²) in [7, 11) is -2.40. The molecule has 0 atom stereocenters. The molecule has 0 radical (unpaired) electrons. The number of hydrogen-bond donors (Lipinski definition) is 0. The molecule has 0 N–H and O–H groups in total. The molecule has 1 saturated carbocycles. The highest BCUT2D eigenvalue weighted by molar-refractivity contribution is 7.89. The number of carbonyl (C=O) groups is 1. The Kier molecular flexibility index (Phi) is 5.06. The zero-order chi connectivity index (χ0) is 15.6. The first-order valence-electron chi connectivity index (χ1n) is 7.11. The molecular formula is C14H21NO4S2. The molecule has 1 aromatic heterocycles. The van der Waals surface area contributed by atoms with Crippen molar-refractivity contribution >= 4 is 27.3 Å². The van der Waals surface area contributed by atoms with Gasteiger partial charge in [-0.25, -0.2) is 13.2 Å². The van der Waals surface area contributed by atoms with E-state index in [0.717, 1.165) is 37.0 Å². The average molecular weight is 331 g/mol. The first kappa shape index (κ1) is 16.5. The van der Waals surface area contributed by atoms with Gasteiger partial charge in [0.25, 0.3) is 0 Å². The van der Waals surface area contributed by atoms with Crippen molar-refractivity contribution in [3.63, 3.8) is 0 Å². The third-order valence-electron chi connectivity index (χ3n) is 3.90. The Morgan fingerprint density at radius 1 is 1.43 bits per heavy atom. The Labute approximate surface area is 130 Å². The molecule has 0 bridgehead atoms. The van der Waals surface area contributed by atoms with E-state index >= 15 is 0 Å². The standard InChI is InChI=1S/C14H21NO4S2/c1-4-15(11-7-5-6-8-11)21(17,18)13-10(2)9-20-12(13)14(16)19-3/h9,11H,4-8H2,1-3H3. The maximum absolute atomic E-state index is 13.0. The molecule has 0 aromatic carbocycles. The summed E-state index contributed by atoms with van der Waals surface area (Å²) in [6.45, 7) is 3.98. The number of thiophene rings is 1. The molecule has 1 heterocycles. The summed E-state index contributed by atoms with van der Waals surface area (Å²) < 4.78 is 32.3. The van der Waals surface area contributed by atoms with E-state index in [-0.39, 0.29) is 15.8 Å². The van der Waals surface area contributed by atoms with Gasteiger partial charge >= 0.3 is 5.97 Å². The minimum atomic E-state index is -3.66. The van der Waals surface area contributed by atoms with Crippen molar-refractivity contribution in [3.05, 3.63) is 15.8 Å². The van der Waals surface area contributed by atoms with Gasteiger partial charge in [0, 0.05) is 12.6 Å². The van der Waals surface area contributed by atoms with Crippen molar-refractivity contribution in [2.75, 3.05) is 13.7 Å². The predicted molar refractivity (Wildman–Crippen MR) is 82.2 cm³/mol. The molecule has 1 fully saturated rings. The quantitative estimate of drug-likeness (QED) is 0.778. The van der Waals surface area contributed by atoms with Crippen LogP contribution in [0.25, 0.3) is 0 Å². The van der Waals surface area contributed by atoms with Crippen LogP contribution in [0.4, 0.5) is 0 Å². The molecule has 118 valence electrons. The molecule has 2 rings (SSSR count). The monoisotopic (exact) mass is 331 g/mol. The molecule has 5 nitrogen and oxygen atoms in total. The van der Waals surface area contributed by atoms with E-state index in [1.165, 1.54) is 7.11 Å². The fourth-order valence-electron chi connectivity index (χ4n) is 2.92. The number of carbonyl (C=O) groups excluding carboxylic acids is 1. The number of rotatable bonds is 5. The molecule has 0 spiro atoms. The summed E-state index contributed by atoms with van der Waals surface area (Å²) in [5, 5.41) is 1.70. The predicted octanol–water partition coefficient (Wildman–Crippen LogP) is 2.80. The van der Waals surface area contributed by atoms with Crippen LogP contribution in [0.2, 0.25) is 0 Å². The molecule has 1 aliphatic carbocycles. The molecule has 21 heavy (non-hydrogen) atoms. The lowest BCUT2D eigenvalue weighted by Gasteiger charge is -2.27. The van der Waals surface area contributed by atoms with Crippen molar-refractivity contribution in [2.45, 2.75) is 50.5 Å². The summed E-state index contributed by atoms with van der Waals surface area (Å²) in [5.74, 6) is -0.589. The number of aryl methyl sites for hydroxylation is 1. The number of methoxy groups -OCH3 is 1. The van der Waals surface area contributed by atoms with Crippen LogP contribution in [0.15, 0.2) is 10.3 Å². The largest absolute Gasteiger partial charge is 0.465 e. The summed E-state index contributed by atoms with van der Waals surface area (Å²) in [5.41, 5.74) is 0.608. The Bertz CT molecular complexity index is 615. The van der Waals surface area contributed by atoms with Gasteiger partial charge in [-0.1, -0.05) is 19.8 Å². The highest BCUT2D eigenvalue weighted by Gasteiger charge is 2.36. The highest BCUT2D eigenvalue weighted by Crippen LogP contribution is 2.34. The Morgan fingerprint density at radius 3 is 2.57 bits per heavy atom. The Hall–Kier alpha value is -0.920. The normalized spacial score (nSPS) is 16.6. The topological polar surface area (TPSA) is 63.7 Å². The fraction of sp³-hybridized carbons (Fsp3) is 0.643. The second kappa shape index (κ2) is 6.46. The highest BCUT2D eigenvalue weighted by atomic mass is 32.2. The average Bonchev–Trinajstić information content (AvgIpc) is 3.08. The van der Waals surface area contributed by atoms with E-state index in [1.54, 1.807) is 16.6 Å². The first-order valence-corrected chi connectivity index (χ1v) is 9.43. The molecule has 7 heteroatoms. The molecule has 1 aliphatic rings. The summed E-state index contributed by atoms with van der Waals surface area (Å²) in [6, 6.07) is 0.0461. The molecule has 0 saturated heterocycles. The smallest absolute Gasteiger partial charge is 0.349 e. The van der Waals surface area contributed by atoms with Crippen LogP contribution in [0, 0.1) is 6.92 Å². The maximum Gasteiger partial charge on any atom is 0.349 e. The summed E-state index contributed by atoms with van der Waals surface area (Å²) in [4.78, 5) is 12.1. The van der Waals surface area contributed by atoms with Gasteiger partial charge in [0.05, 0.1) is 7.11 Å². The lowest BCUT2D eigenvalue weighted by molar-refractivity contribution is 0.0602. The Morgan fingerprint density at radius 2 is 2.05 bits per heavy atom. The lowest BCUT2D eigenvalue weighted by atomic mass is 10.2. The number of sulfonamides is 1. The van der Waals surface area contributed by atoms with Crippen LogP contribution in [0.5, 0.6) is 0 Å².